The Morgan fingerprint density at radius 3 is 2.21 bits per heavy atom. The second-order valence-electron chi connectivity index (χ2n) is 9.63. The maximum Gasteiger partial charge on any atom is 0.137 e. The van der Waals surface area contributed by atoms with Crippen molar-refractivity contribution in [2.75, 3.05) is 51.3 Å². The molecule has 0 radical (unpaired) electrons. The van der Waals surface area contributed by atoms with Gasteiger partial charge in [0.2, 0.25) is 0 Å². The first-order valence-electron chi connectivity index (χ1n) is 11.7. The van der Waals surface area contributed by atoms with Crippen molar-refractivity contribution in [3.05, 3.63) is 54.1 Å². The fourth-order valence-electron chi connectivity index (χ4n) is 4.81. The predicted octanol–water partition coefficient (Wildman–Crippen LogP) is 2.21. The molecular weight excluding hydrogens is 420 g/mol. The summed E-state index contributed by atoms with van der Waals surface area (Å²) in [6.07, 6.45) is 0.889. The van der Waals surface area contributed by atoms with Gasteiger partial charge in [0.25, 0.3) is 0 Å². The van der Waals surface area contributed by atoms with E-state index in [1.165, 1.54) is 0 Å². The third kappa shape index (κ3) is 5.79. The third-order valence-electron chi connectivity index (χ3n) is 7.00. The van der Waals surface area contributed by atoms with Crippen LogP contribution in [0.15, 0.2) is 48.5 Å². The largest absolute Gasteiger partial charge is 0.497 e. The summed E-state index contributed by atoms with van der Waals surface area (Å²) >= 11 is 0. The molecule has 7 nitrogen and oxygen atoms in total. The maximum absolute atomic E-state index is 11.3. The Morgan fingerprint density at radius 2 is 1.58 bits per heavy atom. The van der Waals surface area contributed by atoms with Crippen molar-refractivity contribution in [1.82, 2.24) is 4.90 Å². The van der Waals surface area contributed by atoms with E-state index in [0.717, 1.165) is 30.1 Å². The number of methoxy groups -OCH3 is 1. The summed E-state index contributed by atoms with van der Waals surface area (Å²) in [5.74, 6) is 1.50. The molecule has 2 aromatic carbocycles. The molecule has 2 atom stereocenters. The van der Waals surface area contributed by atoms with Crippen molar-refractivity contribution in [1.29, 1.82) is 0 Å². The normalized spacial score (nSPS) is 25.6. The van der Waals surface area contributed by atoms with Crippen LogP contribution in [0, 0.1) is 6.92 Å². The number of benzene rings is 2. The molecule has 2 aromatic rings. The van der Waals surface area contributed by atoms with E-state index in [9.17, 15) is 15.3 Å². The monoisotopic (exact) mass is 456 g/mol. The van der Waals surface area contributed by atoms with Crippen LogP contribution in [0.2, 0.25) is 0 Å². The first kappa shape index (κ1) is 23.8. The number of β-amino-alcohol motifs (C(OH)–C–C–N with tert-alkyl or cyclic N) is 2. The van der Waals surface area contributed by atoms with Crippen LogP contribution in [0.5, 0.6) is 11.5 Å². The first-order chi connectivity index (χ1) is 15.8. The van der Waals surface area contributed by atoms with Crippen molar-refractivity contribution in [3.8, 4) is 11.5 Å². The fraction of sp³-hybridized carbons (Fsp3) is 0.538. The lowest BCUT2D eigenvalue weighted by atomic mass is 9.86. The lowest BCUT2D eigenvalue weighted by Crippen LogP contribution is -2.62. The third-order valence-corrected chi connectivity index (χ3v) is 7.00. The van der Waals surface area contributed by atoms with Gasteiger partial charge in [0, 0.05) is 38.4 Å². The topological polar surface area (TPSA) is 85.6 Å². The quantitative estimate of drug-likeness (QED) is 0.589. The number of hydrogen-bond acceptors (Lipinski definition) is 7. The first-order valence-corrected chi connectivity index (χ1v) is 11.7. The molecule has 0 unspecified atom stereocenters. The van der Waals surface area contributed by atoms with Gasteiger partial charge in [0.1, 0.15) is 23.7 Å². The van der Waals surface area contributed by atoms with Crippen LogP contribution < -0.4 is 14.4 Å². The van der Waals surface area contributed by atoms with Crippen LogP contribution in [0.3, 0.4) is 0 Å². The summed E-state index contributed by atoms with van der Waals surface area (Å²) in [5.41, 5.74) is 0.0746. The highest BCUT2D eigenvalue weighted by molar-refractivity contribution is 5.49. The van der Waals surface area contributed by atoms with Crippen molar-refractivity contribution >= 4 is 5.69 Å². The highest BCUT2D eigenvalue weighted by atomic mass is 16.5. The van der Waals surface area contributed by atoms with Crippen molar-refractivity contribution in [2.45, 2.75) is 43.5 Å². The second kappa shape index (κ2) is 9.89. The van der Waals surface area contributed by atoms with Gasteiger partial charge in [-0.3, -0.25) is 4.90 Å². The molecule has 3 N–H and O–H groups in total. The lowest BCUT2D eigenvalue weighted by molar-refractivity contribution is -0.149. The highest BCUT2D eigenvalue weighted by Crippen LogP contribution is 2.31. The number of aliphatic hydroxyl groups excluding tert-OH is 1. The molecule has 2 fully saturated rings. The zero-order valence-electron chi connectivity index (χ0n) is 19.6. The lowest BCUT2D eigenvalue weighted by Gasteiger charge is -2.46. The molecule has 0 aromatic heterocycles. The summed E-state index contributed by atoms with van der Waals surface area (Å²) in [6.45, 7) is 4.93. The van der Waals surface area contributed by atoms with Gasteiger partial charge in [-0.1, -0.05) is 17.7 Å². The van der Waals surface area contributed by atoms with E-state index in [-0.39, 0.29) is 13.2 Å². The maximum atomic E-state index is 11.3. The molecule has 2 heterocycles. The standard InChI is InChI=1S/C26H36N2O5/c1-20-3-7-23(8-4-20)33-19-26(31)18-27(14-11-24(26)29)17-25(30)12-15-28(16-13-25)21-5-9-22(32-2)10-6-21/h3-10,24,29-31H,11-19H2,1-2H3/t24-,26-/m0/s1. The average Bonchev–Trinajstić information content (AvgIpc) is 2.82. The predicted molar refractivity (Wildman–Crippen MR) is 128 cm³/mol. The molecule has 180 valence electrons. The van der Waals surface area contributed by atoms with Crippen molar-refractivity contribution < 1.29 is 24.8 Å². The minimum absolute atomic E-state index is 0.0113. The number of hydrogen-bond donors (Lipinski definition) is 3. The molecule has 0 saturated carbocycles. The van der Waals surface area contributed by atoms with Crippen LogP contribution in [0.1, 0.15) is 24.8 Å². The molecule has 0 aliphatic carbocycles. The Balaban J connectivity index is 1.31. The summed E-state index contributed by atoms with van der Waals surface area (Å²) in [4.78, 5) is 4.34. The number of anilines is 1. The number of rotatable bonds is 7. The van der Waals surface area contributed by atoms with Gasteiger partial charge in [0.05, 0.1) is 18.8 Å². The van der Waals surface area contributed by atoms with Gasteiger partial charge in [0.15, 0.2) is 0 Å². The minimum atomic E-state index is -1.37. The summed E-state index contributed by atoms with van der Waals surface area (Å²) < 4.78 is 11.0. The summed E-state index contributed by atoms with van der Waals surface area (Å²) in [5, 5.41) is 32.9. The van der Waals surface area contributed by atoms with Crippen LogP contribution in [0.25, 0.3) is 0 Å². The Morgan fingerprint density at radius 1 is 0.939 bits per heavy atom. The van der Waals surface area contributed by atoms with Crippen LogP contribution in [-0.4, -0.2) is 84.0 Å². The fourth-order valence-corrected chi connectivity index (χ4v) is 4.81. The minimum Gasteiger partial charge on any atom is -0.497 e. The van der Waals surface area contributed by atoms with E-state index in [0.29, 0.717) is 38.1 Å². The van der Waals surface area contributed by atoms with Gasteiger partial charge < -0.3 is 29.7 Å². The summed E-state index contributed by atoms with van der Waals surface area (Å²) in [6, 6.07) is 15.6. The Labute approximate surface area is 196 Å². The van der Waals surface area contributed by atoms with Gasteiger partial charge in [-0.05, 0) is 62.6 Å². The van der Waals surface area contributed by atoms with E-state index in [1.54, 1.807) is 7.11 Å². The van der Waals surface area contributed by atoms with E-state index >= 15 is 0 Å². The van der Waals surface area contributed by atoms with Crippen LogP contribution in [-0.2, 0) is 0 Å². The molecule has 7 heteroatoms. The Bertz CT molecular complexity index is 896. The van der Waals surface area contributed by atoms with Crippen LogP contribution >= 0.6 is 0 Å². The van der Waals surface area contributed by atoms with E-state index in [4.69, 9.17) is 9.47 Å². The number of nitrogens with zero attached hydrogens (tertiary/aromatic N) is 2. The van der Waals surface area contributed by atoms with Gasteiger partial charge in [-0.15, -0.1) is 0 Å². The Kier molecular flexibility index (Phi) is 7.14. The number of piperidine rings is 2. The van der Waals surface area contributed by atoms with E-state index < -0.39 is 17.3 Å². The molecule has 2 aliphatic rings. The zero-order chi connectivity index (χ0) is 23.5. The molecule has 2 saturated heterocycles. The molecule has 0 bridgehead atoms. The van der Waals surface area contributed by atoms with Crippen LogP contribution in [0.4, 0.5) is 5.69 Å². The number of likely N-dealkylation sites (tertiary alicyclic amines) is 1. The van der Waals surface area contributed by atoms with Crippen molar-refractivity contribution in [2.24, 2.45) is 0 Å². The second-order valence-corrected chi connectivity index (χ2v) is 9.63. The zero-order valence-corrected chi connectivity index (χ0v) is 19.6. The Hall–Kier alpha value is -2.32. The molecule has 33 heavy (non-hydrogen) atoms. The van der Waals surface area contributed by atoms with Gasteiger partial charge in [-0.2, -0.15) is 0 Å². The van der Waals surface area contributed by atoms with Gasteiger partial charge >= 0.3 is 0 Å². The molecule has 4 rings (SSSR count). The average molecular weight is 457 g/mol. The van der Waals surface area contributed by atoms with E-state index in [1.807, 2.05) is 55.5 Å². The number of ether oxygens (including phenoxy) is 2. The molecule has 2 aliphatic heterocycles. The molecule has 0 spiro atoms. The smallest absolute Gasteiger partial charge is 0.137 e. The van der Waals surface area contributed by atoms with Gasteiger partial charge in [-0.25, -0.2) is 0 Å². The SMILES string of the molecule is COc1ccc(N2CCC(O)(CN3CC[C@H](O)[C@@](O)(COc4ccc(C)cc4)C3)CC2)cc1. The number of aliphatic hydroxyl groups is 3. The molecular formula is C26H36N2O5. The summed E-state index contributed by atoms with van der Waals surface area (Å²) in [7, 11) is 1.66. The molecule has 0 amide bonds. The highest BCUT2D eigenvalue weighted by Gasteiger charge is 2.44. The van der Waals surface area contributed by atoms with Crippen molar-refractivity contribution in [3.63, 3.8) is 0 Å². The number of aryl methyl sites for hydroxylation is 1. The van der Waals surface area contributed by atoms with E-state index in [2.05, 4.69) is 9.80 Å².